The molecule has 2 nitrogen and oxygen atoms in total. The Hall–Kier alpha value is -2.49. The van der Waals surface area contributed by atoms with Crippen molar-refractivity contribution in [1.29, 1.82) is 0 Å². The van der Waals surface area contributed by atoms with E-state index in [0.29, 0.717) is 5.56 Å². The van der Waals surface area contributed by atoms with Crippen molar-refractivity contribution in [2.75, 3.05) is 0 Å². The van der Waals surface area contributed by atoms with Crippen LogP contribution in [0.4, 0.5) is 8.78 Å². The Kier molecular flexibility index (Phi) is 4.82. The molecular formula is C17H14F2O2. The minimum Gasteiger partial charge on any atom is -0.435 e. The Morgan fingerprint density at radius 3 is 2.24 bits per heavy atom. The summed E-state index contributed by atoms with van der Waals surface area (Å²) < 4.78 is 28.3. The Balaban J connectivity index is 2.04. The molecule has 0 atom stereocenters. The van der Waals surface area contributed by atoms with Gasteiger partial charge in [-0.05, 0) is 42.8 Å². The number of carbonyl (C=O) groups excluding carboxylic acids is 1. The SMILES string of the molecule is Cc1ccc(C=CC(=O)c2ccc(OC(F)F)cc2)cc1. The van der Waals surface area contributed by atoms with Crippen LogP contribution in [0.15, 0.2) is 54.6 Å². The minimum absolute atomic E-state index is 0.0315. The van der Waals surface area contributed by atoms with Gasteiger partial charge in [-0.3, -0.25) is 4.79 Å². The topological polar surface area (TPSA) is 26.3 Å². The number of hydrogen-bond donors (Lipinski definition) is 0. The lowest BCUT2D eigenvalue weighted by Crippen LogP contribution is -2.02. The summed E-state index contributed by atoms with van der Waals surface area (Å²) in [4.78, 5) is 11.9. The van der Waals surface area contributed by atoms with Gasteiger partial charge in [0.15, 0.2) is 5.78 Å². The molecule has 4 heteroatoms. The van der Waals surface area contributed by atoms with Gasteiger partial charge in [0.25, 0.3) is 0 Å². The Morgan fingerprint density at radius 1 is 1.05 bits per heavy atom. The average Bonchev–Trinajstić information content (AvgIpc) is 2.46. The van der Waals surface area contributed by atoms with Gasteiger partial charge in [0.2, 0.25) is 0 Å². The molecule has 0 radical (unpaired) electrons. The predicted molar refractivity (Wildman–Crippen MR) is 77.6 cm³/mol. The number of ether oxygens (including phenoxy) is 1. The summed E-state index contributed by atoms with van der Waals surface area (Å²) in [7, 11) is 0. The fourth-order valence-corrected chi connectivity index (χ4v) is 1.75. The van der Waals surface area contributed by atoms with Crippen LogP contribution in [0.25, 0.3) is 6.08 Å². The summed E-state index contributed by atoms with van der Waals surface area (Å²) in [5, 5.41) is 0. The molecule has 0 heterocycles. The van der Waals surface area contributed by atoms with E-state index in [1.54, 1.807) is 6.08 Å². The quantitative estimate of drug-likeness (QED) is 0.598. The fraction of sp³-hybridized carbons (Fsp3) is 0.118. The van der Waals surface area contributed by atoms with E-state index in [2.05, 4.69) is 4.74 Å². The summed E-state index contributed by atoms with van der Waals surface area (Å²) in [6, 6.07) is 13.4. The normalized spacial score (nSPS) is 11.0. The van der Waals surface area contributed by atoms with Crippen LogP contribution in [0.1, 0.15) is 21.5 Å². The van der Waals surface area contributed by atoms with Crippen molar-refractivity contribution in [2.24, 2.45) is 0 Å². The molecule has 0 aliphatic carbocycles. The van der Waals surface area contributed by atoms with E-state index in [-0.39, 0.29) is 11.5 Å². The third kappa shape index (κ3) is 4.53. The van der Waals surface area contributed by atoms with E-state index < -0.39 is 6.61 Å². The number of alkyl halides is 2. The lowest BCUT2D eigenvalue weighted by molar-refractivity contribution is -0.0498. The van der Waals surface area contributed by atoms with Gasteiger partial charge in [-0.15, -0.1) is 0 Å². The molecule has 0 unspecified atom stereocenters. The van der Waals surface area contributed by atoms with Crippen molar-refractivity contribution in [3.63, 3.8) is 0 Å². The first-order valence-electron chi connectivity index (χ1n) is 6.38. The van der Waals surface area contributed by atoms with E-state index in [0.717, 1.165) is 11.1 Å². The number of carbonyl (C=O) groups is 1. The highest BCUT2D eigenvalue weighted by atomic mass is 19.3. The Labute approximate surface area is 121 Å². The maximum Gasteiger partial charge on any atom is 0.387 e. The van der Waals surface area contributed by atoms with Crippen LogP contribution in [0, 0.1) is 6.92 Å². The lowest BCUT2D eigenvalue weighted by Gasteiger charge is -2.04. The molecule has 0 spiro atoms. The zero-order valence-electron chi connectivity index (χ0n) is 11.4. The largest absolute Gasteiger partial charge is 0.435 e. The number of halogens is 2. The minimum atomic E-state index is -2.87. The smallest absolute Gasteiger partial charge is 0.387 e. The molecule has 0 N–H and O–H groups in total. The molecule has 0 aliphatic rings. The standard InChI is InChI=1S/C17H14F2O2/c1-12-2-4-13(5-3-12)6-11-16(20)14-7-9-15(10-8-14)21-17(18)19/h2-11,17H,1H3. The van der Waals surface area contributed by atoms with Crippen molar-refractivity contribution in [3.05, 3.63) is 71.3 Å². The highest BCUT2D eigenvalue weighted by Gasteiger charge is 2.06. The maximum absolute atomic E-state index is 12.0. The first kappa shape index (κ1) is 14.9. The number of hydrogen-bond acceptors (Lipinski definition) is 2. The highest BCUT2D eigenvalue weighted by molar-refractivity contribution is 6.06. The third-order valence-corrected chi connectivity index (χ3v) is 2.87. The van der Waals surface area contributed by atoms with Crippen LogP contribution >= 0.6 is 0 Å². The van der Waals surface area contributed by atoms with E-state index in [9.17, 15) is 13.6 Å². The molecule has 0 aromatic heterocycles. The molecule has 0 amide bonds. The van der Waals surface area contributed by atoms with Crippen LogP contribution in [0.5, 0.6) is 5.75 Å². The Bertz CT molecular complexity index is 629. The molecular weight excluding hydrogens is 274 g/mol. The summed E-state index contributed by atoms with van der Waals surface area (Å²) in [6.07, 6.45) is 3.17. The molecule has 2 aromatic rings. The van der Waals surface area contributed by atoms with Crippen molar-refractivity contribution >= 4 is 11.9 Å². The molecule has 2 aromatic carbocycles. The number of benzene rings is 2. The lowest BCUT2D eigenvalue weighted by atomic mass is 10.1. The van der Waals surface area contributed by atoms with Crippen molar-refractivity contribution < 1.29 is 18.3 Å². The van der Waals surface area contributed by atoms with E-state index >= 15 is 0 Å². The van der Waals surface area contributed by atoms with Gasteiger partial charge in [-0.2, -0.15) is 8.78 Å². The van der Waals surface area contributed by atoms with Gasteiger partial charge in [-0.1, -0.05) is 35.9 Å². The van der Waals surface area contributed by atoms with Crippen LogP contribution in [0.3, 0.4) is 0 Å². The van der Waals surface area contributed by atoms with E-state index in [1.807, 2.05) is 31.2 Å². The number of ketones is 1. The molecule has 0 saturated carbocycles. The van der Waals surface area contributed by atoms with Gasteiger partial charge in [0.05, 0.1) is 0 Å². The first-order valence-corrected chi connectivity index (χ1v) is 6.38. The second-order valence-corrected chi connectivity index (χ2v) is 4.51. The number of rotatable bonds is 5. The highest BCUT2D eigenvalue weighted by Crippen LogP contribution is 2.16. The maximum atomic E-state index is 12.0. The monoisotopic (exact) mass is 288 g/mol. The number of aryl methyl sites for hydroxylation is 1. The summed E-state index contributed by atoms with van der Waals surface area (Å²) in [6.45, 7) is -0.880. The van der Waals surface area contributed by atoms with Crippen molar-refractivity contribution in [2.45, 2.75) is 13.5 Å². The van der Waals surface area contributed by atoms with Crippen LogP contribution in [-0.4, -0.2) is 12.4 Å². The van der Waals surface area contributed by atoms with E-state index in [4.69, 9.17) is 0 Å². The van der Waals surface area contributed by atoms with Gasteiger partial charge in [0.1, 0.15) is 5.75 Å². The van der Waals surface area contributed by atoms with Crippen molar-refractivity contribution in [3.8, 4) is 5.75 Å². The average molecular weight is 288 g/mol. The number of allylic oxidation sites excluding steroid dienone is 1. The second kappa shape index (κ2) is 6.79. The molecule has 108 valence electrons. The van der Waals surface area contributed by atoms with Gasteiger partial charge < -0.3 is 4.74 Å². The second-order valence-electron chi connectivity index (χ2n) is 4.51. The molecule has 0 saturated heterocycles. The summed E-state index contributed by atoms with van der Waals surface area (Å²) in [5.74, 6) is -0.164. The van der Waals surface area contributed by atoms with Crippen LogP contribution in [0.2, 0.25) is 0 Å². The molecule has 0 fully saturated rings. The Morgan fingerprint density at radius 2 is 1.67 bits per heavy atom. The van der Waals surface area contributed by atoms with Crippen LogP contribution < -0.4 is 4.74 Å². The first-order chi connectivity index (χ1) is 10.0. The summed E-state index contributed by atoms with van der Waals surface area (Å²) in [5.41, 5.74) is 2.49. The van der Waals surface area contributed by atoms with Gasteiger partial charge >= 0.3 is 6.61 Å². The third-order valence-electron chi connectivity index (χ3n) is 2.87. The summed E-state index contributed by atoms with van der Waals surface area (Å²) >= 11 is 0. The predicted octanol–water partition coefficient (Wildman–Crippen LogP) is 4.49. The van der Waals surface area contributed by atoms with Crippen molar-refractivity contribution in [1.82, 2.24) is 0 Å². The zero-order valence-corrected chi connectivity index (χ0v) is 11.4. The molecule has 0 aliphatic heterocycles. The fourth-order valence-electron chi connectivity index (χ4n) is 1.75. The van der Waals surface area contributed by atoms with E-state index in [1.165, 1.54) is 30.3 Å². The molecule has 0 bridgehead atoms. The van der Waals surface area contributed by atoms with Crippen LogP contribution in [-0.2, 0) is 0 Å². The van der Waals surface area contributed by atoms with Gasteiger partial charge in [0, 0.05) is 5.56 Å². The van der Waals surface area contributed by atoms with Gasteiger partial charge in [-0.25, -0.2) is 0 Å². The molecule has 2 rings (SSSR count). The molecule has 21 heavy (non-hydrogen) atoms. The zero-order chi connectivity index (χ0) is 15.2.